The van der Waals surface area contributed by atoms with Crippen molar-refractivity contribution in [3.63, 3.8) is 0 Å². The average molecular weight is 392 g/mol. The fourth-order valence-electron chi connectivity index (χ4n) is 1.95. The molecule has 0 saturated heterocycles. The van der Waals surface area contributed by atoms with Gasteiger partial charge < -0.3 is 15.7 Å². The molecule has 11 heteroatoms. The van der Waals surface area contributed by atoms with E-state index in [0.29, 0.717) is 0 Å². The summed E-state index contributed by atoms with van der Waals surface area (Å²) in [4.78, 5) is 23.5. The van der Waals surface area contributed by atoms with Gasteiger partial charge in [-0.3, -0.25) is 9.59 Å². The molecule has 0 atom stereocenters. The molecule has 2 amide bonds. The summed E-state index contributed by atoms with van der Waals surface area (Å²) in [5.41, 5.74) is -4.03. The molecule has 2 aromatic rings. The average Bonchev–Trinajstić information content (AvgIpc) is 2.55. The van der Waals surface area contributed by atoms with Gasteiger partial charge in [-0.15, -0.1) is 0 Å². The van der Waals surface area contributed by atoms with Crippen LogP contribution in [-0.4, -0.2) is 16.9 Å². The van der Waals surface area contributed by atoms with E-state index in [4.69, 9.17) is 5.11 Å². The van der Waals surface area contributed by atoms with Crippen LogP contribution in [0.25, 0.3) is 0 Å². The van der Waals surface area contributed by atoms with Crippen molar-refractivity contribution >= 4 is 23.2 Å². The summed E-state index contributed by atoms with van der Waals surface area (Å²) in [6, 6.07) is 5.29. The van der Waals surface area contributed by atoms with Gasteiger partial charge in [-0.05, 0) is 42.5 Å². The van der Waals surface area contributed by atoms with Crippen LogP contribution >= 0.6 is 0 Å². The van der Waals surface area contributed by atoms with E-state index in [1.54, 1.807) is 5.32 Å². The summed E-state index contributed by atoms with van der Waals surface area (Å²) < 4.78 is 76.6. The number of hydrogen-bond acceptors (Lipinski definition) is 3. The van der Waals surface area contributed by atoms with E-state index in [1.807, 2.05) is 0 Å². The maximum Gasteiger partial charge on any atom is 0.416 e. The van der Waals surface area contributed by atoms with Crippen LogP contribution in [0.3, 0.4) is 0 Å². The molecule has 0 aliphatic carbocycles. The Labute approximate surface area is 147 Å². The minimum Gasteiger partial charge on any atom is -0.508 e. The number of amides is 2. The van der Waals surface area contributed by atoms with Crippen molar-refractivity contribution in [2.24, 2.45) is 0 Å². The van der Waals surface area contributed by atoms with E-state index < -0.39 is 41.0 Å². The van der Waals surface area contributed by atoms with Gasteiger partial charge in [0.1, 0.15) is 5.75 Å². The van der Waals surface area contributed by atoms with Gasteiger partial charge in [0, 0.05) is 11.4 Å². The Balaban J connectivity index is 2.23. The Morgan fingerprint density at radius 1 is 0.704 bits per heavy atom. The van der Waals surface area contributed by atoms with Crippen molar-refractivity contribution in [2.75, 3.05) is 10.6 Å². The minimum atomic E-state index is -5.09. The Morgan fingerprint density at radius 2 is 1.11 bits per heavy atom. The zero-order chi connectivity index (χ0) is 20.4. The minimum absolute atomic E-state index is 0.0768. The van der Waals surface area contributed by atoms with Crippen LogP contribution in [0.5, 0.6) is 5.75 Å². The largest absolute Gasteiger partial charge is 0.508 e. The predicted octanol–water partition coefficient (Wildman–Crippen LogP) is 4.01. The fraction of sp³-hybridized carbons (Fsp3) is 0.125. The lowest BCUT2D eigenvalue weighted by Crippen LogP contribution is -2.29. The first-order chi connectivity index (χ1) is 12.4. The van der Waals surface area contributed by atoms with Gasteiger partial charge in [0.25, 0.3) is 0 Å². The molecule has 2 aromatic carbocycles. The van der Waals surface area contributed by atoms with E-state index in [2.05, 4.69) is 5.32 Å². The maximum absolute atomic E-state index is 12.8. The normalized spacial score (nSPS) is 11.8. The first-order valence-corrected chi connectivity index (χ1v) is 7.07. The lowest BCUT2D eigenvalue weighted by Gasteiger charge is -2.14. The van der Waals surface area contributed by atoms with Gasteiger partial charge in [0.2, 0.25) is 0 Å². The predicted molar refractivity (Wildman–Crippen MR) is 81.8 cm³/mol. The van der Waals surface area contributed by atoms with Crippen LogP contribution in [0.4, 0.5) is 37.7 Å². The molecular formula is C16H10F6N2O3. The second kappa shape index (κ2) is 7.17. The molecule has 0 heterocycles. The number of carbonyl (C=O) groups is 2. The van der Waals surface area contributed by atoms with Gasteiger partial charge in [-0.25, -0.2) is 0 Å². The summed E-state index contributed by atoms with van der Waals surface area (Å²) in [5, 5.41) is 12.9. The van der Waals surface area contributed by atoms with Crippen molar-refractivity contribution in [1.29, 1.82) is 0 Å². The summed E-state index contributed by atoms with van der Waals surface area (Å²) in [5.74, 6) is -2.93. The topological polar surface area (TPSA) is 78.4 Å². The molecule has 144 valence electrons. The Hall–Kier alpha value is -3.24. The number of carbonyl (C=O) groups excluding carboxylic acids is 2. The maximum atomic E-state index is 12.8. The lowest BCUT2D eigenvalue weighted by atomic mass is 10.1. The summed E-state index contributed by atoms with van der Waals surface area (Å²) in [6.07, 6.45) is -10.2. The highest BCUT2D eigenvalue weighted by Gasteiger charge is 2.37. The van der Waals surface area contributed by atoms with E-state index in [0.717, 1.165) is 0 Å². The highest BCUT2D eigenvalue weighted by molar-refractivity contribution is 6.43. The number of hydrogen-bond donors (Lipinski definition) is 3. The summed E-state index contributed by atoms with van der Waals surface area (Å²) >= 11 is 0. The number of anilines is 2. The van der Waals surface area contributed by atoms with Gasteiger partial charge in [-0.2, -0.15) is 26.3 Å². The number of nitrogens with one attached hydrogen (secondary N) is 2. The number of phenols is 1. The van der Waals surface area contributed by atoms with Crippen LogP contribution in [-0.2, 0) is 21.9 Å². The van der Waals surface area contributed by atoms with Crippen molar-refractivity contribution in [1.82, 2.24) is 0 Å². The number of halogens is 6. The van der Waals surface area contributed by atoms with Gasteiger partial charge >= 0.3 is 24.2 Å². The van der Waals surface area contributed by atoms with Crippen LogP contribution in [0.1, 0.15) is 11.1 Å². The quantitative estimate of drug-likeness (QED) is 0.411. The van der Waals surface area contributed by atoms with Crippen LogP contribution < -0.4 is 10.6 Å². The van der Waals surface area contributed by atoms with Crippen LogP contribution in [0.15, 0.2) is 42.5 Å². The molecule has 0 aliphatic heterocycles. The van der Waals surface area contributed by atoms with Crippen molar-refractivity contribution in [2.45, 2.75) is 12.4 Å². The Morgan fingerprint density at radius 3 is 1.52 bits per heavy atom. The molecule has 0 spiro atoms. The third-order valence-electron chi connectivity index (χ3n) is 3.18. The van der Waals surface area contributed by atoms with Gasteiger partial charge in [-0.1, -0.05) is 0 Å². The van der Waals surface area contributed by atoms with Gasteiger partial charge in [0.15, 0.2) is 0 Å². The highest BCUT2D eigenvalue weighted by Crippen LogP contribution is 2.37. The highest BCUT2D eigenvalue weighted by atomic mass is 19.4. The monoisotopic (exact) mass is 392 g/mol. The first kappa shape index (κ1) is 20.1. The smallest absolute Gasteiger partial charge is 0.416 e. The molecule has 0 unspecified atom stereocenters. The molecule has 0 radical (unpaired) electrons. The number of aromatic hydroxyl groups is 1. The number of phenolic OH excluding ortho intramolecular Hbond substituents is 1. The lowest BCUT2D eigenvalue weighted by molar-refractivity contribution is -0.143. The van der Waals surface area contributed by atoms with Gasteiger partial charge in [0.05, 0.1) is 11.1 Å². The van der Waals surface area contributed by atoms with E-state index >= 15 is 0 Å². The van der Waals surface area contributed by atoms with Crippen molar-refractivity contribution in [3.8, 4) is 5.75 Å². The van der Waals surface area contributed by atoms with E-state index in [-0.39, 0.29) is 29.6 Å². The molecule has 5 nitrogen and oxygen atoms in total. The van der Waals surface area contributed by atoms with Crippen LogP contribution in [0, 0.1) is 0 Å². The summed E-state index contributed by atoms with van der Waals surface area (Å²) in [6.45, 7) is 0. The van der Waals surface area contributed by atoms with Crippen molar-refractivity contribution in [3.05, 3.63) is 53.6 Å². The third kappa shape index (κ3) is 5.36. The molecule has 0 aromatic heterocycles. The van der Waals surface area contributed by atoms with E-state index in [9.17, 15) is 35.9 Å². The Kier molecular flexibility index (Phi) is 5.33. The molecule has 0 fully saturated rings. The SMILES string of the molecule is O=C(Nc1ccc(O)cc1)C(=O)Nc1cc(C(F)(F)F)cc(C(F)(F)F)c1. The molecule has 0 bridgehead atoms. The number of alkyl halides is 6. The zero-order valence-electron chi connectivity index (χ0n) is 13.1. The fourth-order valence-corrected chi connectivity index (χ4v) is 1.95. The molecule has 27 heavy (non-hydrogen) atoms. The number of benzene rings is 2. The molecule has 0 saturated carbocycles. The first-order valence-electron chi connectivity index (χ1n) is 7.07. The summed E-state index contributed by atoms with van der Waals surface area (Å²) in [7, 11) is 0. The van der Waals surface area contributed by atoms with Crippen molar-refractivity contribution < 1.29 is 41.0 Å². The molecule has 2 rings (SSSR count). The zero-order valence-corrected chi connectivity index (χ0v) is 13.1. The standard InChI is InChI=1S/C16H10F6N2O3/c17-15(18,19)8-5-9(16(20,21)22)7-11(6-8)24-14(27)13(26)23-10-1-3-12(25)4-2-10/h1-7,25H,(H,23,26)(H,24,27). The second-order valence-corrected chi connectivity index (χ2v) is 5.25. The van der Waals surface area contributed by atoms with Crippen LogP contribution in [0.2, 0.25) is 0 Å². The Bertz CT molecular complexity index is 828. The molecular weight excluding hydrogens is 382 g/mol. The number of rotatable bonds is 2. The molecule has 0 aliphatic rings. The third-order valence-corrected chi connectivity index (χ3v) is 3.18. The molecule has 3 N–H and O–H groups in total. The van der Waals surface area contributed by atoms with E-state index in [1.165, 1.54) is 24.3 Å². The second-order valence-electron chi connectivity index (χ2n) is 5.25.